The van der Waals surface area contributed by atoms with Gasteiger partial charge in [-0.3, -0.25) is 14.5 Å². The summed E-state index contributed by atoms with van der Waals surface area (Å²) >= 11 is 0. The van der Waals surface area contributed by atoms with Crippen molar-refractivity contribution in [2.75, 3.05) is 25.5 Å². The molecule has 2 aromatic carbocycles. The molecule has 9 heteroatoms. The summed E-state index contributed by atoms with van der Waals surface area (Å²) < 4.78 is 5.30. The van der Waals surface area contributed by atoms with E-state index in [1.54, 1.807) is 7.11 Å². The third-order valence-corrected chi connectivity index (χ3v) is 7.16. The highest BCUT2D eigenvalue weighted by Gasteiger charge is 2.71. The maximum absolute atomic E-state index is 13.5. The number of carbonyl (C=O) groups excluding carboxylic acids is 2. The lowest BCUT2D eigenvalue weighted by Crippen LogP contribution is -2.71. The summed E-state index contributed by atoms with van der Waals surface area (Å²) in [5.74, 6) is -0.701. The summed E-state index contributed by atoms with van der Waals surface area (Å²) in [6.45, 7) is 0.579. The van der Waals surface area contributed by atoms with Crippen LogP contribution in [0.15, 0.2) is 48.5 Å². The van der Waals surface area contributed by atoms with Crippen molar-refractivity contribution in [3.63, 3.8) is 0 Å². The van der Waals surface area contributed by atoms with Gasteiger partial charge in [0.05, 0.1) is 12.5 Å². The van der Waals surface area contributed by atoms with E-state index in [0.717, 1.165) is 26.6 Å². The number of amides is 2. The van der Waals surface area contributed by atoms with Gasteiger partial charge in [-0.25, -0.2) is 0 Å². The number of carbonyl (C=O) groups is 2. The Labute approximate surface area is 191 Å². The van der Waals surface area contributed by atoms with Gasteiger partial charge < -0.3 is 30.9 Å². The zero-order valence-corrected chi connectivity index (χ0v) is 18.4. The van der Waals surface area contributed by atoms with Crippen molar-refractivity contribution in [3.05, 3.63) is 59.7 Å². The van der Waals surface area contributed by atoms with Gasteiger partial charge in [0.25, 0.3) is 11.8 Å². The minimum absolute atomic E-state index is 0.0360. The van der Waals surface area contributed by atoms with E-state index in [9.17, 15) is 19.8 Å². The van der Waals surface area contributed by atoms with Crippen LogP contribution >= 0.6 is 0 Å². The van der Waals surface area contributed by atoms with Crippen LogP contribution in [0.4, 0.5) is 5.69 Å². The SMILES string of the molecule is COc1ccc([C@]23C[C@@]4(O)C(=O)N(CCCCN)[C@H](O)C(=O)N4[C@H]2Nc2ccccc23)cc1. The Hall–Kier alpha value is -3.14. The molecule has 2 fully saturated rings. The number of fused-ring (bicyclic) bond motifs is 5. The maximum atomic E-state index is 13.5. The molecule has 0 spiro atoms. The number of para-hydroxylation sites is 1. The summed E-state index contributed by atoms with van der Waals surface area (Å²) in [5, 5.41) is 25.9. The van der Waals surface area contributed by atoms with E-state index in [-0.39, 0.29) is 13.0 Å². The highest BCUT2D eigenvalue weighted by Crippen LogP contribution is 2.58. The van der Waals surface area contributed by atoms with Crippen LogP contribution in [0, 0.1) is 0 Å². The fraction of sp³-hybridized carbons (Fsp3) is 0.417. The van der Waals surface area contributed by atoms with Crippen LogP contribution in [0.3, 0.4) is 0 Å². The summed E-state index contributed by atoms with van der Waals surface area (Å²) in [6, 6.07) is 15.1. The molecule has 0 aromatic heterocycles. The highest BCUT2D eigenvalue weighted by molar-refractivity contribution is 6.00. The lowest BCUT2D eigenvalue weighted by Gasteiger charge is -2.46. The van der Waals surface area contributed by atoms with E-state index in [2.05, 4.69) is 5.32 Å². The summed E-state index contributed by atoms with van der Waals surface area (Å²) in [7, 11) is 1.58. The number of nitrogens with zero attached hydrogens (tertiary/aromatic N) is 2. The molecular formula is C24H28N4O5. The Morgan fingerprint density at radius 1 is 1.15 bits per heavy atom. The smallest absolute Gasteiger partial charge is 0.278 e. The molecule has 5 N–H and O–H groups in total. The Morgan fingerprint density at radius 3 is 2.58 bits per heavy atom. The summed E-state index contributed by atoms with van der Waals surface area (Å²) in [4.78, 5) is 29.2. The van der Waals surface area contributed by atoms with E-state index >= 15 is 0 Å². The molecule has 0 saturated carbocycles. The number of piperazine rings is 1. The van der Waals surface area contributed by atoms with Crippen molar-refractivity contribution >= 4 is 17.5 Å². The second kappa shape index (κ2) is 7.72. The first kappa shape index (κ1) is 21.7. The van der Waals surface area contributed by atoms with E-state index in [4.69, 9.17) is 10.5 Å². The fourth-order valence-corrected chi connectivity index (χ4v) is 5.62. The maximum Gasteiger partial charge on any atom is 0.278 e. The number of nitrogens with one attached hydrogen (secondary N) is 1. The first-order valence-electron chi connectivity index (χ1n) is 11.1. The van der Waals surface area contributed by atoms with Gasteiger partial charge in [0.15, 0.2) is 0 Å². The molecule has 3 heterocycles. The number of anilines is 1. The largest absolute Gasteiger partial charge is 0.497 e. The molecule has 2 amide bonds. The number of aliphatic hydroxyl groups is 2. The molecule has 2 saturated heterocycles. The predicted molar refractivity (Wildman–Crippen MR) is 120 cm³/mol. The van der Waals surface area contributed by atoms with Crippen LogP contribution in [0.2, 0.25) is 0 Å². The van der Waals surface area contributed by atoms with E-state index in [0.29, 0.717) is 25.1 Å². The Kier molecular flexibility index (Phi) is 5.08. The minimum atomic E-state index is -2.09. The molecule has 5 rings (SSSR count). The Morgan fingerprint density at radius 2 is 1.88 bits per heavy atom. The van der Waals surface area contributed by atoms with Gasteiger partial charge >= 0.3 is 0 Å². The van der Waals surface area contributed by atoms with Gasteiger partial charge in [0.1, 0.15) is 11.9 Å². The first-order chi connectivity index (χ1) is 15.9. The van der Waals surface area contributed by atoms with Crippen molar-refractivity contribution in [3.8, 4) is 5.75 Å². The molecular weight excluding hydrogens is 424 g/mol. The van der Waals surface area contributed by atoms with Gasteiger partial charge in [-0.2, -0.15) is 0 Å². The van der Waals surface area contributed by atoms with E-state index in [1.165, 1.54) is 0 Å². The average molecular weight is 453 g/mol. The first-order valence-corrected chi connectivity index (χ1v) is 11.1. The van der Waals surface area contributed by atoms with Crippen molar-refractivity contribution < 1.29 is 24.5 Å². The second-order valence-electron chi connectivity index (χ2n) is 8.86. The predicted octanol–water partition coefficient (Wildman–Crippen LogP) is 0.553. The normalized spacial score (nSPS) is 30.1. The molecule has 4 atom stereocenters. The van der Waals surface area contributed by atoms with E-state index < -0.39 is 35.3 Å². The van der Waals surface area contributed by atoms with Crippen LogP contribution in [-0.4, -0.2) is 70.1 Å². The zero-order chi connectivity index (χ0) is 23.4. The third kappa shape index (κ3) is 2.89. The Balaban J connectivity index is 1.64. The van der Waals surface area contributed by atoms with E-state index in [1.807, 2.05) is 48.5 Å². The number of aliphatic hydroxyl groups excluding tert-OH is 1. The van der Waals surface area contributed by atoms with Gasteiger partial charge in [0, 0.05) is 18.7 Å². The molecule has 33 heavy (non-hydrogen) atoms. The van der Waals surface area contributed by atoms with Crippen LogP contribution < -0.4 is 15.8 Å². The monoisotopic (exact) mass is 452 g/mol. The number of rotatable bonds is 6. The average Bonchev–Trinajstić information content (AvgIpc) is 3.29. The summed E-state index contributed by atoms with van der Waals surface area (Å²) in [5.41, 5.74) is 5.10. The lowest BCUT2D eigenvalue weighted by atomic mass is 9.72. The molecule has 3 aliphatic heterocycles. The van der Waals surface area contributed by atoms with Crippen molar-refractivity contribution in [1.82, 2.24) is 9.80 Å². The number of unbranched alkanes of at least 4 members (excludes halogenated alkanes) is 1. The van der Waals surface area contributed by atoms with Crippen molar-refractivity contribution in [1.29, 1.82) is 0 Å². The molecule has 0 bridgehead atoms. The zero-order valence-electron chi connectivity index (χ0n) is 18.4. The number of benzene rings is 2. The molecule has 0 aliphatic carbocycles. The fourth-order valence-electron chi connectivity index (χ4n) is 5.62. The number of methoxy groups -OCH3 is 1. The molecule has 2 aromatic rings. The Bertz CT molecular complexity index is 1090. The highest BCUT2D eigenvalue weighted by atomic mass is 16.5. The molecule has 0 unspecified atom stereocenters. The molecule has 9 nitrogen and oxygen atoms in total. The number of nitrogens with two attached hydrogens (primary N) is 1. The standard InChI is InChI=1S/C24H28N4O5/c1-33-16-10-8-15(9-11-16)23-14-24(32)22(31)27(13-5-4-12-25)19(29)20(30)28(24)21(23)26-18-7-3-2-6-17(18)23/h2-3,6-11,19,21,26,29,32H,4-5,12-14,25H2,1H3/t19-,21-,23+,24-/m1/s1. The topological polar surface area (TPSA) is 128 Å². The summed E-state index contributed by atoms with van der Waals surface area (Å²) in [6.07, 6.45) is -1.28. The lowest BCUT2D eigenvalue weighted by molar-refractivity contribution is -0.209. The molecule has 174 valence electrons. The van der Waals surface area contributed by atoms with Crippen molar-refractivity contribution in [2.45, 2.75) is 42.8 Å². The number of hydrogen-bond donors (Lipinski definition) is 4. The van der Waals surface area contributed by atoms with Gasteiger partial charge in [-0.15, -0.1) is 0 Å². The number of ether oxygens (including phenoxy) is 1. The van der Waals surface area contributed by atoms with Gasteiger partial charge in [0.2, 0.25) is 12.0 Å². The quantitative estimate of drug-likeness (QED) is 0.471. The van der Waals surface area contributed by atoms with Crippen molar-refractivity contribution in [2.24, 2.45) is 5.73 Å². The van der Waals surface area contributed by atoms with Crippen LogP contribution in [0.1, 0.15) is 30.4 Å². The minimum Gasteiger partial charge on any atom is -0.497 e. The van der Waals surface area contributed by atoms with Crippen LogP contribution in [-0.2, 0) is 15.0 Å². The third-order valence-electron chi connectivity index (χ3n) is 7.16. The van der Waals surface area contributed by atoms with Gasteiger partial charge in [-0.05, 0) is 48.7 Å². The van der Waals surface area contributed by atoms with Gasteiger partial charge in [-0.1, -0.05) is 30.3 Å². The molecule has 3 aliphatic rings. The van der Waals surface area contributed by atoms with Crippen LogP contribution in [0.25, 0.3) is 0 Å². The van der Waals surface area contributed by atoms with Crippen LogP contribution in [0.5, 0.6) is 5.75 Å². The second-order valence-corrected chi connectivity index (χ2v) is 8.86. The molecule has 0 radical (unpaired) electrons. The number of hydrogen-bond acceptors (Lipinski definition) is 7.